The molecule has 1 saturated carbocycles. The number of aryl methyl sites for hydroxylation is 2. The van der Waals surface area contributed by atoms with Crippen molar-refractivity contribution in [3.8, 4) is 11.1 Å². The smallest absolute Gasteiger partial charge is 0.290 e. The molecule has 1 aromatic heterocycles. The maximum absolute atomic E-state index is 13.0. The highest BCUT2D eigenvalue weighted by atomic mass is 32.1. The van der Waals surface area contributed by atoms with Crippen molar-refractivity contribution in [3.63, 3.8) is 0 Å². The molecule has 1 aliphatic rings. The van der Waals surface area contributed by atoms with E-state index in [0.29, 0.717) is 11.6 Å². The molecule has 3 aromatic rings. The Morgan fingerprint density at radius 1 is 1.30 bits per heavy atom. The van der Waals surface area contributed by atoms with Gasteiger partial charge in [-0.3, -0.25) is 9.59 Å². The van der Waals surface area contributed by atoms with Gasteiger partial charge in [-0.1, -0.05) is 35.6 Å². The standard InChI is InChI=1S/C19H17FN2OS.CH2O2/c1-10-4-3-5-11(2)17(10)12-6-7-15-16(8-12)24-19(21-15)22-18(23)13-9-14(13)20;2-1-3/h3-8,13-14H,9H2,1-2H3,(H,21,22,23);1H,(H,2,3)/t13-,14+;/m1./s1. The van der Waals surface area contributed by atoms with Gasteiger partial charge in [0, 0.05) is 0 Å². The van der Waals surface area contributed by atoms with Crippen molar-refractivity contribution < 1.29 is 19.1 Å². The van der Waals surface area contributed by atoms with E-state index in [0.717, 1.165) is 15.8 Å². The van der Waals surface area contributed by atoms with Gasteiger partial charge in [-0.25, -0.2) is 9.37 Å². The van der Waals surface area contributed by atoms with E-state index in [-0.39, 0.29) is 12.4 Å². The highest BCUT2D eigenvalue weighted by Gasteiger charge is 2.43. The lowest BCUT2D eigenvalue weighted by Crippen LogP contribution is -2.14. The number of amides is 1. The first-order chi connectivity index (χ1) is 12.9. The third-order valence-corrected chi connectivity index (χ3v) is 5.37. The first-order valence-corrected chi connectivity index (χ1v) is 9.26. The Balaban J connectivity index is 0.000000659. The number of carbonyl (C=O) groups is 2. The van der Waals surface area contributed by atoms with Crippen LogP contribution in [0.1, 0.15) is 17.5 Å². The number of nitrogens with one attached hydrogen (secondary N) is 1. The van der Waals surface area contributed by atoms with E-state index in [9.17, 15) is 9.18 Å². The number of hydrogen-bond acceptors (Lipinski definition) is 4. The van der Waals surface area contributed by atoms with Crippen LogP contribution in [0.3, 0.4) is 0 Å². The van der Waals surface area contributed by atoms with E-state index in [1.807, 2.05) is 6.07 Å². The van der Waals surface area contributed by atoms with Crippen LogP contribution in [0, 0.1) is 19.8 Å². The molecule has 140 valence electrons. The van der Waals surface area contributed by atoms with Crippen LogP contribution in [0.2, 0.25) is 0 Å². The molecule has 27 heavy (non-hydrogen) atoms. The van der Waals surface area contributed by atoms with Gasteiger partial charge in [0.1, 0.15) is 6.17 Å². The predicted octanol–water partition coefficient (Wildman–Crippen LogP) is 4.58. The molecule has 0 unspecified atom stereocenters. The molecule has 1 amide bonds. The second-order valence-corrected chi connectivity index (χ2v) is 7.45. The van der Waals surface area contributed by atoms with Gasteiger partial charge >= 0.3 is 0 Å². The minimum Gasteiger partial charge on any atom is -0.483 e. The van der Waals surface area contributed by atoms with E-state index in [1.165, 1.54) is 28.0 Å². The lowest BCUT2D eigenvalue weighted by Gasteiger charge is -2.09. The van der Waals surface area contributed by atoms with Gasteiger partial charge in [-0.2, -0.15) is 0 Å². The van der Waals surface area contributed by atoms with Crippen molar-refractivity contribution in [2.75, 3.05) is 5.32 Å². The summed E-state index contributed by atoms with van der Waals surface area (Å²) in [5, 5.41) is 10.2. The zero-order valence-electron chi connectivity index (χ0n) is 14.9. The Bertz CT molecular complexity index is 982. The molecule has 5 nitrogen and oxygen atoms in total. The predicted molar refractivity (Wildman–Crippen MR) is 105 cm³/mol. The number of carbonyl (C=O) groups excluding carboxylic acids is 1. The number of benzene rings is 2. The Kier molecular flexibility index (Phi) is 5.51. The van der Waals surface area contributed by atoms with E-state index in [2.05, 4.69) is 54.5 Å². The van der Waals surface area contributed by atoms with Crippen LogP contribution in [0.25, 0.3) is 21.3 Å². The molecule has 0 saturated heterocycles. The summed E-state index contributed by atoms with van der Waals surface area (Å²) in [6, 6.07) is 12.4. The lowest BCUT2D eigenvalue weighted by molar-refractivity contribution is -0.123. The summed E-state index contributed by atoms with van der Waals surface area (Å²) in [4.78, 5) is 24.6. The fourth-order valence-electron chi connectivity index (χ4n) is 3.04. The molecule has 2 aromatic carbocycles. The van der Waals surface area contributed by atoms with Crippen molar-refractivity contribution >= 4 is 39.1 Å². The van der Waals surface area contributed by atoms with E-state index in [4.69, 9.17) is 9.90 Å². The highest BCUT2D eigenvalue weighted by Crippen LogP contribution is 2.36. The number of fused-ring (bicyclic) bond motifs is 1. The summed E-state index contributed by atoms with van der Waals surface area (Å²) in [6.45, 7) is 3.96. The highest BCUT2D eigenvalue weighted by molar-refractivity contribution is 7.22. The van der Waals surface area contributed by atoms with Crippen LogP contribution in [-0.2, 0) is 9.59 Å². The number of thiazole rings is 1. The van der Waals surface area contributed by atoms with Crippen LogP contribution in [0.4, 0.5) is 9.52 Å². The van der Waals surface area contributed by atoms with Crippen LogP contribution in [-0.4, -0.2) is 28.6 Å². The van der Waals surface area contributed by atoms with Crippen LogP contribution >= 0.6 is 11.3 Å². The average Bonchev–Trinajstić information content (AvgIpc) is 3.21. The molecule has 1 fully saturated rings. The summed E-state index contributed by atoms with van der Waals surface area (Å²) in [5.74, 6) is -0.765. The number of aromatic nitrogens is 1. The monoisotopic (exact) mass is 386 g/mol. The molecule has 1 aliphatic carbocycles. The molecule has 0 spiro atoms. The number of halogens is 1. The molecule has 2 N–H and O–H groups in total. The SMILES string of the molecule is Cc1cccc(C)c1-c1ccc2nc(NC(=O)[C@@H]3C[C@@H]3F)sc2c1.O=CO. The van der Waals surface area contributed by atoms with Crippen LogP contribution in [0.15, 0.2) is 36.4 Å². The van der Waals surface area contributed by atoms with Crippen molar-refractivity contribution in [1.29, 1.82) is 0 Å². The van der Waals surface area contributed by atoms with E-state index < -0.39 is 12.1 Å². The summed E-state index contributed by atoms with van der Waals surface area (Å²) in [7, 11) is 0. The normalized spacial score (nSPS) is 17.7. The first kappa shape index (κ1) is 19.0. The molecule has 1 heterocycles. The molecular weight excluding hydrogens is 367 g/mol. The van der Waals surface area contributed by atoms with Gasteiger partial charge < -0.3 is 10.4 Å². The van der Waals surface area contributed by atoms with E-state index >= 15 is 0 Å². The van der Waals surface area contributed by atoms with Crippen molar-refractivity contribution in [1.82, 2.24) is 4.98 Å². The maximum atomic E-state index is 13.0. The van der Waals surface area contributed by atoms with Gasteiger partial charge in [-0.05, 0) is 54.7 Å². The third kappa shape index (κ3) is 4.14. The zero-order valence-corrected chi connectivity index (χ0v) is 15.7. The van der Waals surface area contributed by atoms with Gasteiger partial charge in [0.05, 0.1) is 16.1 Å². The van der Waals surface area contributed by atoms with Crippen molar-refractivity contribution in [3.05, 3.63) is 47.5 Å². The van der Waals surface area contributed by atoms with Crippen molar-refractivity contribution in [2.24, 2.45) is 5.92 Å². The van der Waals surface area contributed by atoms with Crippen molar-refractivity contribution in [2.45, 2.75) is 26.4 Å². The van der Waals surface area contributed by atoms with Crippen LogP contribution in [0.5, 0.6) is 0 Å². The summed E-state index contributed by atoms with van der Waals surface area (Å²) < 4.78 is 14.0. The first-order valence-electron chi connectivity index (χ1n) is 8.44. The minimum absolute atomic E-state index is 0.250. The largest absolute Gasteiger partial charge is 0.483 e. The molecule has 4 rings (SSSR count). The van der Waals surface area contributed by atoms with Gasteiger partial charge in [0.2, 0.25) is 5.91 Å². The summed E-state index contributed by atoms with van der Waals surface area (Å²) in [6.07, 6.45) is -0.664. The topological polar surface area (TPSA) is 79.3 Å². The Morgan fingerprint density at radius 2 is 1.93 bits per heavy atom. The Labute approximate surface area is 159 Å². The number of hydrogen-bond donors (Lipinski definition) is 2. The molecular formula is C20H19FN2O3S. The number of carboxylic acid groups (broad SMARTS) is 1. The summed E-state index contributed by atoms with van der Waals surface area (Å²) in [5.41, 5.74) is 5.69. The number of rotatable bonds is 3. The van der Waals surface area contributed by atoms with E-state index in [1.54, 1.807) is 0 Å². The Hall–Kier alpha value is -2.80. The average molecular weight is 386 g/mol. The second kappa shape index (κ2) is 7.84. The Morgan fingerprint density at radius 3 is 2.52 bits per heavy atom. The van der Waals surface area contributed by atoms with Gasteiger partial charge in [-0.15, -0.1) is 0 Å². The zero-order chi connectivity index (χ0) is 19.6. The third-order valence-electron chi connectivity index (χ3n) is 4.44. The lowest BCUT2D eigenvalue weighted by atomic mass is 9.96. The fraction of sp³-hybridized carbons (Fsp3) is 0.250. The van der Waals surface area contributed by atoms with Gasteiger partial charge in [0.25, 0.3) is 6.47 Å². The molecule has 2 atom stereocenters. The maximum Gasteiger partial charge on any atom is 0.290 e. The number of alkyl halides is 1. The second-order valence-electron chi connectivity index (χ2n) is 6.42. The molecule has 0 aliphatic heterocycles. The number of anilines is 1. The molecule has 7 heteroatoms. The van der Waals surface area contributed by atoms with Gasteiger partial charge in [0.15, 0.2) is 5.13 Å². The fourth-order valence-corrected chi connectivity index (χ4v) is 3.94. The summed E-state index contributed by atoms with van der Waals surface area (Å²) >= 11 is 1.43. The molecule has 0 bridgehead atoms. The number of nitrogens with zero attached hydrogens (tertiary/aromatic N) is 1. The quantitative estimate of drug-likeness (QED) is 0.646. The molecule has 0 radical (unpaired) electrons. The minimum atomic E-state index is -0.991. The van der Waals surface area contributed by atoms with Crippen LogP contribution < -0.4 is 5.32 Å².